The number of rotatable bonds is 8. The van der Waals surface area contributed by atoms with E-state index in [1.807, 2.05) is 12.1 Å². The molecule has 0 saturated heterocycles. The molecule has 0 fully saturated rings. The van der Waals surface area contributed by atoms with Gasteiger partial charge in [0.25, 0.3) is 5.91 Å². The molecule has 0 saturated carbocycles. The number of imidazole rings is 1. The maximum absolute atomic E-state index is 13.5. The minimum absolute atomic E-state index is 0.0521. The minimum atomic E-state index is -0.533. The number of carbonyl (C=O) groups excluding carboxylic acids is 1. The standard InChI is InChI=1S/C21H24ClFN4O/c1-3-5-12-26(21(28)15-8-9-17(23)16(22)13-15)14-19-25-18-7-6-10-24-20(18)27(19)11-4-2/h6-10,13H,3-5,11-12,14H2,1-2H3. The van der Waals surface area contributed by atoms with Gasteiger partial charge >= 0.3 is 0 Å². The number of nitrogens with zero attached hydrogens (tertiary/aromatic N) is 4. The first-order valence-corrected chi connectivity index (χ1v) is 9.97. The number of halogens is 2. The Morgan fingerprint density at radius 2 is 2.07 bits per heavy atom. The Labute approximate surface area is 169 Å². The maximum Gasteiger partial charge on any atom is 0.254 e. The third-order valence-electron chi connectivity index (χ3n) is 4.60. The fourth-order valence-electron chi connectivity index (χ4n) is 3.17. The Balaban J connectivity index is 1.94. The van der Waals surface area contributed by atoms with Crippen LogP contribution in [0.1, 0.15) is 49.3 Å². The first-order valence-electron chi connectivity index (χ1n) is 9.59. The zero-order chi connectivity index (χ0) is 20.1. The zero-order valence-corrected chi connectivity index (χ0v) is 16.9. The summed E-state index contributed by atoms with van der Waals surface area (Å²) in [6.45, 7) is 5.91. The van der Waals surface area contributed by atoms with Crippen molar-refractivity contribution in [1.29, 1.82) is 0 Å². The molecule has 3 rings (SSSR count). The Morgan fingerprint density at radius 3 is 2.79 bits per heavy atom. The van der Waals surface area contributed by atoms with Crippen molar-refractivity contribution < 1.29 is 9.18 Å². The van der Waals surface area contributed by atoms with Gasteiger partial charge < -0.3 is 9.47 Å². The van der Waals surface area contributed by atoms with Crippen molar-refractivity contribution in [2.75, 3.05) is 6.54 Å². The van der Waals surface area contributed by atoms with E-state index in [1.54, 1.807) is 11.1 Å². The van der Waals surface area contributed by atoms with Gasteiger partial charge in [0, 0.05) is 24.8 Å². The number of hydrogen-bond donors (Lipinski definition) is 0. The normalized spacial score (nSPS) is 11.1. The summed E-state index contributed by atoms with van der Waals surface area (Å²) in [5, 5.41) is -0.0521. The van der Waals surface area contributed by atoms with Crippen molar-refractivity contribution in [3.8, 4) is 0 Å². The predicted molar refractivity (Wildman–Crippen MR) is 109 cm³/mol. The molecule has 0 aliphatic carbocycles. The van der Waals surface area contributed by atoms with E-state index in [1.165, 1.54) is 18.2 Å². The van der Waals surface area contributed by atoms with E-state index in [0.717, 1.165) is 42.8 Å². The van der Waals surface area contributed by atoms with Crippen LogP contribution in [0.15, 0.2) is 36.5 Å². The molecule has 2 heterocycles. The van der Waals surface area contributed by atoms with Crippen LogP contribution in [0.4, 0.5) is 4.39 Å². The largest absolute Gasteiger partial charge is 0.331 e. The number of aromatic nitrogens is 3. The van der Waals surface area contributed by atoms with Gasteiger partial charge in [0.05, 0.1) is 11.6 Å². The van der Waals surface area contributed by atoms with Gasteiger partial charge in [-0.15, -0.1) is 0 Å². The number of benzene rings is 1. The molecular formula is C21H24ClFN4O. The lowest BCUT2D eigenvalue weighted by molar-refractivity contribution is 0.0734. The predicted octanol–water partition coefficient (Wildman–Crippen LogP) is 5.08. The van der Waals surface area contributed by atoms with Crippen LogP contribution >= 0.6 is 11.6 Å². The van der Waals surface area contributed by atoms with E-state index >= 15 is 0 Å². The van der Waals surface area contributed by atoms with Crippen LogP contribution in [0.3, 0.4) is 0 Å². The van der Waals surface area contributed by atoms with Crippen molar-refractivity contribution in [3.63, 3.8) is 0 Å². The van der Waals surface area contributed by atoms with Crippen LogP contribution in [0.5, 0.6) is 0 Å². The number of fused-ring (bicyclic) bond motifs is 1. The summed E-state index contributed by atoms with van der Waals surface area (Å²) in [7, 11) is 0. The van der Waals surface area contributed by atoms with E-state index in [2.05, 4.69) is 23.4 Å². The molecule has 148 valence electrons. The summed E-state index contributed by atoms with van der Waals surface area (Å²) >= 11 is 5.88. The third kappa shape index (κ3) is 4.33. The number of pyridine rings is 1. The summed E-state index contributed by atoms with van der Waals surface area (Å²) in [6.07, 6.45) is 4.51. The number of unbranched alkanes of at least 4 members (excludes halogenated alkanes) is 1. The molecule has 0 atom stereocenters. The van der Waals surface area contributed by atoms with Crippen LogP contribution in [0, 0.1) is 5.82 Å². The number of carbonyl (C=O) groups is 1. The summed E-state index contributed by atoms with van der Waals surface area (Å²) in [4.78, 5) is 24.0. The molecule has 7 heteroatoms. The lowest BCUT2D eigenvalue weighted by atomic mass is 10.2. The minimum Gasteiger partial charge on any atom is -0.331 e. The summed E-state index contributed by atoms with van der Waals surface area (Å²) in [6, 6.07) is 7.86. The highest BCUT2D eigenvalue weighted by molar-refractivity contribution is 6.31. The third-order valence-corrected chi connectivity index (χ3v) is 4.89. The topological polar surface area (TPSA) is 51.0 Å². The van der Waals surface area contributed by atoms with E-state index in [-0.39, 0.29) is 10.9 Å². The molecule has 0 spiro atoms. The van der Waals surface area contributed by atoms with Crippen molar-refractivity contribution in [2.24, 2.45) is 0 Å². The van der Waals surface area contributed by atoms with Crippen LogP contribution in [0.2, 0.25) is 5.02 Å². The maximum atomic E-state index is 13.5. The molecule has 0 bridgehead atoms. The second kappa shape index (κ2) is 9.15. The fourth-order valence-corrected chi connectivity index (χ4v) is 3.35. The number of hydrogen-bond acceptors (Lipinski definition) is 3. The molecule has 0 radical (unpaired) electrons. The summed E-state index contributed by atoms with van der Waals surface area (Å²) in [5.74, 6) is 0.0840. The first kappa shape index (κ1) is 20.3. The lowest BCUT2D eigenvalue weighted by Crippen LogP contribution is -2.32. The second-order valence-corrected chi connectivity index (χ2v) is 7.14. The molecule has 0 N–H and O–H groups in total. The Hall–Kier alpha value is -2.47. The molecule has 0 unspecified atom stereocenters. The van der Waals surface area contributed by atoms with Crippen molar-refractivity contribution in [2.45, 2.75) is 46.2 Å². The molecule has 0 aliphatic heterocycles. The fraction of sp³-hybridized carbons (Fsp3) is 0.381. The van der Waals surface area contributed by atoms with E-state index in [4.69, 9.17) is 16.6 Å². The molecule has 1 aromatic carbocycles. The molecular weight excluding hydrogens is 379 g/mol. The summed E-state index contributed by atoms with van der Waals surface area (Å²) < 4.78 is 15.6. The van der Waals surface area contributed by atoms with Gasteiger partial charge in [-0.05, 0) is 43.2 Å². The average molecular weight is 403 g/mol. The quantitative estimate of drug-likeness (QED) is 0.528. The van der Waals surface area contributed by atoms with Gasteiger partial charge in [0.1, 0.15) is 17.2 Å². The smallest absolute Gasteiger partial charge is 0.254 e. The van der Waals surface area contributed by atoms with Crippen molar-refractivity contribution in [3.05, 3.63) is 58.8 Å². The molecule has 3 aromatic rings. The van der Waals surface area contributed by atoms with Crippen LogP contribution in [-0.4, -0.2) is 31.9 Å². The van der Waals surface area contributed by atoms with Gasteiger partial charge in [0.2, 0.25) is 0 Å². The molecule has 1 amide bonds. The van der Waals surface area contributed by atoms with E-state index in [9.17, 15) is 9.18 Å². The molecule has 0 aliphatic rings. The van der Waals surface area contributed by atoms with Gasteiger partial charge in [-0.25, -0.2) is 14.4 Å². The van der Waals surface area contributed by atoms with E-state index in [0.29, 0.717) is 18.7 Å². The zero-order valence-electron chi connectivity index (χ0n) is 16.2. The summed E-state index contributed by atoms with van der Waals surface area (Å²) in [5.41, 5.74) is 2.02. The monoisotopic (exact) mass is 402 g/mol. The van der Waals surface area contributed by atoms with Gasteiger partial charge in [-0.3, -0.25) is 4.79 Å². The first-order chi connectivity index (χ1) is 13.5. The highest BCUT2D eigenvalue weighted by atomic mass is 35.5. The molecule has 5 nitrogen and oxygen atoms in total. The van der Waals surface area contributed by atoms with Gasteiger partial charge in [-0.1, -0.05) is 31.9 Å². The Morgan fingerprint density at radius 1 is 1.25 bits per heavy atom. The van der Waals surface area contributed by atoms with Crippen molar-refractivity contribution >= 4 is 28.7 Å². The SMILES string of the molecule is CCCCN(Cc1nc2cccnc2n1CCC)C(=O)c1ccc(F)c(Cl)c1. The van der Waals surface area contributed by atoms with Gasteiger partial charge in [-0.2, -0.15) is 0 Å². The van der Waals surface area contributed by atoms with E-state index < -0.39 is 5.82 Å². The van der Waals surface area contributed by atoms with Crippen molar-refractivity contribution in [1.82, 2.24) is 19.4 Å². The lowest BCUT2D eigenvalue weighted by Gasteiger charge is -2.23. The number of aryl methyl sites for hydroxylation is 1. The highest BCUT2D eigenvalue weighted by Gasteiger charge is 2.20. The van der Waals surface area contributed by atoms with Crippen LogP contribution < -0.4 is 0 Å². The highest BCUT2D eigenvalue weighted by Crippen LogP contribution is 2.20. The Kier molecular flexibility index (Phi) is 6.62. The average Bonchev–Trinajstić information content (AvgIpc) is 3.04. The van der Waals surface area contributed by atoms with Gasteiger partial charge in [0.15, 0.2) is 5.65 Å². The second-order valence-electron chi connectivity index (χ2n) is 6.73. The van der Waals surface area contributed by atoms with Crippen LogP contribution in [0.25, 0.3) is 11.2 Å². The molecule has 2 aromatic heterocycles. The number of amides is 1. The van der Waals surface area contributed by atoms with Crippen LogP contribution in [-0.2, 0) is 13.1 Å². The Bertz CT molecular complexity index is 972. The molecule has 28 heavy (non-hydrogen) atoms.